The molecule has 17 heavy (non-hydrogen) atoms. The lowest BCUT2D eigenvalue weighted by molar-refractivity contribution is 0.0901. The number of aryl methyl sites for hydroxylation is 1. The van der Waals surface area contributed by atoms with Crippen LogP contribution in [0.5, 0.6) is 0 Å². The van der Waals surface area contributed by atoms with Gasteiger partial charge in [-0.3, -0.25) is 9.48 Å². The van der Waals surface area contributed by atoms with Crippen molar-refractivity contribution in [1.82, 2.24) is 15.1 Å². The van der Waals surface area contributed by atoms with Gasteiger partial charge in [0.2, 0.25) is 0 Å². The monoisotopic (exact) mass is 255 g/mol. The zero-order valence-corrected chi connectivity index (χ0v) is 11.0. The first kappa shape index (κ1) is 12.4. The maximum Gasteiger partial charge on any atom is 0.271 e. The first-order valence-corrected chi connectivity index (χ1v) is 6.45. The molecule has 0 aliphatic heterocycles. The third-order valence-electron chi connectivity index (χ3n) is 3.54. The van der Waals surface area contributed by atoms with Gasteiger partial charge in [-0.15, -0.1) is 0 Å². The lowest BCUT2D eigenvalue weighted by Crippen LogP contribution is -2.41. The summed E-state index contributed by atoms with van der Waals surface area (Å²) in [4.78, 5) is 12.1. The Kier molecular flexibility index (Phi) is 3.72. The highest BCUT2D eigenvalue weighted by molar-refractivity contribution is 6.33. The molecule has 1 aliphatic rings. The van der Waals surface area contributed by atoms with E-state index in [1.807, 2.05) is 0 Å². The number of aromatic nitrogens is 2. The van der Waals surface area contributed by atoms with Crippen molar-refractivity contribution in [1.29, 1.82) is 0 Å². The van der Waals surface area contributed by atoms with Crippen LogP contribution in [0.25, 0.3) is 0 Å². The summed E-state index contributed by atoms with van der Waals surface area (Å²) in [6, 6.07) is 0.266. The van der Waals surface area contributed by atoms with Crippen LogP contribution in [0.4, 0.5) is 0 Å². The van der Waals surface area contributed by atoms with Gasteiger partial charge in [-0.05, 0) is 18.8 Å². The van der Waals surface area contributed by atoms with Gasteiger partial charge in [-0.2, -0.15) is 5.10 Å². The maximum atomic E-state index is 12.1. The minimum Gasteiger partial charge on any atom is -0.348 e. The molecule has 1 heterocycles. The number of amides is 1. The predicted molar refractivity (Wildman–Crippen MR) is 67.1 cm³/mol. The first-order valence-electron chi connectivity index (χ1n) is 6.08. The Morgan fingerprint density at radius 1 is 1.53 bits per heavy atom. The van der Waals surface area contributed by atoms with Crippen LogP contribution in [-0.4, -0.2) is 21.7 Å². The molecule has 0 spiro atoms. The molecule has 0 saturated heterocycles. The van der Waals surface area contributed by atoms with Gasteiger partial charge in [0.1, 0.15) is 5.69 Å². The molecule has 1 aromatic heterocycles. The van der Waals surface area contributed by atoms with Crippen molar-refractivity contribution < 1.29 is 4.79 Å². The maximum absolute atomic E-state index is 12.1. The Bertz CT molecular complexity index is 396. The highest BCUT2D eigenvalue weighted by Gasteiger charge is 2.25. The molecule has 0 radical (unpaired) electrons. The summed E-state index contributed by atoms with van der Waals surface area (Å²) >= 11 is 5.95. The van der Waals surface area contributed by atoms with Gasteiger partial charge < -0.3 is 5.32 Å². The van der Waals surface area contributed by atoms with Crippen LogP contribution in [-0.2, 0) is 7.05 Å². The van der Waals surface area contributed by atoms with Crippen molar-refractivity contribution in [3.8, 4) is 0 Å². The molecular formula is C12H18ClN3O. The van der Waals surface area contributed by atoms with Crippen LogP contribution >= 0.6 is 11.6 Å². The normalized spacial score (nSPS) is 24.6. The van der Waals surface area contributed by atoms with Crippen molar-refractivity contribution >= 4 is 17.5 Å². The molecule has 1 fully saturated rings. The molecule has 2 rings (SSSR count). The molecule has 1 saturated carbocycles. The lowest BCUT2D eigenvalue weighted by atomic mass is 9.86. The Hall–Kier alpha value is -1.03. The molecular weight excluding hydrogens is 238 g/mol. The standard InChI is InChI=1S/C12H18ClN3O/c1-8-5-3-4-6-10(8)15-12(17)11-9(13)7-14-16(11)2/h7-8,10H,3-6H2,1-2H3,(H,15,17)/t8-,10-/m0/s1. The number of hydrogen-bond acceptors (Lipinski definition) is 2. The quantitative estimate of drug-likeness (QED) is 0.882. The summed E-state index contributed by atoms with van der Waals surface area (Å²) in [6.45, 7) is 2.19. The zero-order chi connectivity index (χ0) is 12.4. The first-order chi connectivity index (χ1) is 8.09. The van der Waals surface area contributed by atoms with E-state index < -0.39 is 0 Å². The fourth-order valence-electron chi connectivity index (χ4n) is 2.43. The molecule has 1 amide bonds. The molecule has 2 atom stereocenters. The predicted octanol–water partition coefficient (Wildman–Crippen LogP) is 2.38. The number of rotatable bonds is 2. The summed E-state index contributed by atoms with van der Waals surface area (Å²) in [5, 5.41) is 7.45. The van der Waals surface area contributed by atoms with Gasteiger partial charge in [0.25, 0.3) is 5.91 Å². The largest absolute Gasteiger partial charge is 0.348 e. The van der Waals surface area contributed by atoms with Gasteiger partial charge >= 0.3 is 0 Å². The van der Waals surface area contributed by atoms with Crippen molar-refractivity contribution in [3.63, 3.8) is 0 Å². The molecule has 1 N–H and O–H groups in total. The topological polar surface area (TPSA) is 46.9 Å². The van der Waals surface area contributed by atoms with E-state index in [1.54, 1.807) is 7.05 Å². The van der Waals surface area contributed by atoms with Crippen LogP contribution in [0.15, 0.2) is 6.20 Å². The molecule has 0 unspecified atom stereocenters. The van der Waals surface area contributed by atoms with Crippen LogP contribution in [0, 0.1) is 5.92 Å². The summed E-state index contributed by atoms with van der Waals surface area (Å²) in [6.07, 6.45) is 6.20. The third kappa shape index (κ3) is 2.63. The van der Waals surface area contributed by atoms with Crippen LogP contribution in [0.1, 0.15) is 43.1 Å². The van der Waals surface area contributed by atoms with Crippen LogP contribution in [0.2, 0.25) is 5.02 Å². The second-order valence-corrected chi connectivity index (χ2v) is 5.21. The number of hydrogen-bond donors (Lipinski definition) is 1. The summed E-state index contributed by atoms with van der Waals surface area (Å²) < 4.78 is 1.52. The lowest BCUT2D eigenvalue weighted by Gasteiger charge is -2.29. The number of nitrogens with one attached hydrogen (secondary N) is 1. The molecule has 4 nitrogen and oxygen atoms in total. The Morgan fingerprint density at radius 2 is 2.24 bits per heavy atom. The zero-order valence-electron chi connectivity index (χ0n) is 10.2. The van der Waals surface area contributed by atoms with Crippen molar-refractivity contribution in [3.05, 3.63) is 16.9 Å². The highest BCUT2D eigenvalue weighted by atomic mass is 35.5. The SMILES string of the molecule is C[C@H]1CCCC[C@@H]1NC(=O)c1c(Cl)cnn1C. The molecule has 94 valence electrons. The van der Waals surface area contributed by atoms with E-state index >= 15 is 0 Å². The Balaban J connectivity index is 2.06. The van der Waals surface area contributed by atoms with Gasteiger partial charge in [0, 0.05) is 13.1 Å². The molecule has 5 heteroatoms. The number of carbonyl (C=O) groups excluding carboxylic acids is 1. The van der Waals surface area contributed by atoms with E-state index in [1.165, 1.54) is 30.1 Å². The van der Waals surface area contributed by atoms with Crippen molar-refractivity contribution in [2.24, 2.45) is 13.0 Å². The summed E-state index contributed by atoms with van der Waals surface area (Å²) in [5.41, 5.74) is 0.449. The van der Waals surface area contributed by atoms with Gasteiger partial charge in [-0.25, -0.2) is 0 Å². The molecule has 0 bridgehead atoms. The number of carbonyl (C=O) groups is 1. The van der Waals surface area contributed by atoms with E-state index in [-0.39, 0.29) is 11.9 Å². The smallest absolute Gasteiger partial charge is 0.271 e. The average molecular weight is 256 g/mol. The fraction of sp³-hybridized carbons (Fsp3) is 0.667. The minimum atomic E-state index is -0.117. The van der Waals surface area contributed by atoms with Gasteiger partial charge in [0.15, 0.2) is 0 Å². The Morgan fingerprint density at radius 3 is 2.82 bits per heavy atom. The second kappa shape index (κ2) is 5.08. The van der Waals surface area contributed by atoms with Gasteiger partial charge in [0.05, 0.1) is 11.2 Å². The fourth-order valence-corrected chi connectivity index (χ4v) is 2.69. The summed E-state index contributed by atoms with van der Waals surface area (Å²) in [7, 11) is 1.73. The van der Waals surface area contributed by atoms with Gasteiger partial charge in [-0.1, -0.05) is 31.4 Å². The highest BCUT2D eigenvalue weighted by Crippen LogP contribution is 2.24. The third-order valence-corrected chi connectivity index (χ3v) is 3.81. The van der Waals surface area contributed by atoms with Crippen LogP contribution < -0.4 is 5.32 Å². The molecule has 0 aromatic carbocycles. The number of halogens is 1. The van der Waals surface area contributed by atoms with E-state index in [0.29, 0.717) is 16.6 Å². The van der Waals surface area contributed by atoms with Crippen molar-refractivity contribution in [2.45, 2.75) is 38.6 Å². The summed E-state index contributed by atoms with van der Waals surface area (Å²) in [5.74, 6) is 0.424. The van der Waals surface area contributed by atoms with Crippen LogP contribution in [0.3, 0.4) is 0 Å². The minimum absolute atomic E-state index is 0.117. The average Bonchev–Trinajstić information content (AvgIpc) is 2.62. The Labute approximate surface area is 106 Å². The van der Waals surface area contributed by atoms with E-state index in [2.05, 4.69) is 17.3 Å². The van der Waals surface area contributed by atoms with E-state index in [9.17, 15) is 4.79 Å². The van der Waals surface area contributed by atoms with E-state index in [4.69, 9.17) is 11.6 Å². The molecule has 1 aromatic rings. The molecule has 1 aliphatic carbocycles. The van der Waals surface area contributed by atoms with E-state index in [0.717, 1.165) is 6.42 Å². The van der Waals surface area contributed by atoms with Crippen molar-refractivity contribution in [2.75, 3.05) is 0 Å². The second-order valence-electron chi connectivity index (χ2n) is 4.81. The number of nitrogens with zero attached hydrogens (tertiary/aromatic N) is 2.